The fourth-order valence-corrected chi connectivity index (χ4v) is 6.84. The van der Waals surface area contributed by atoms with Gasteiger partial charge in [-0.25, -0.2) is 18.0 Å². The molecule has 0 N–H and O–H groups in total. The average Bonchev–Trinajstić information content (AvgIpc) is 2.96. The molecule has 0 unspecified atom stereocenters. The van der Waals surface area contributed by atoms with Crippen LogP contribution in [0.5, 0.6) is 0 Å². The van der Waals surface area contributed by atoms with Gasteiger partial charge in [0.05, 0.1) is 54.9 Å². The fourth-order valence-electron chi connectivity index (χ4n) is 3.82. The van der Waals surface area contributed by atoms with E-state index in [0.29, 0.717) is 11.1 Å². The summed E-state index contributed by atoms with van der Waals surface area (Å²) in [5, 5.41) is 2.53. The first-order chi connectivity index (χ1) is 18.6. The minimum Gasteiger partial charge on any atom is -0.744 e. The first-order valence-corrected chi connectivity index (χ1v) is 15.0. The molecule has 0 aliphatic rings. The van der Waals surface area contributed by atoms with Crippen molar-refractivity contribution in [3.8, 4) is 0 Å². The van der Waals surface area contributed by atoms with Crippen molar-refractivity contribution >= 4 is 40.6 Å². The van der Waals surface area contributed by atoms with E-state index in [2.05, 4.69) is 24.3 Å². The van der Waals surface area contributed by atoms with Gasteiger partial charge in [-0.1, -0.05) is 54.1 Å². The van der Waals surface area contributed by atoms with Crippen LogP contribution in [0, 0.1) is 6.92 Å². The summed E-state index contributed by atoms with van der Waals surface area (Å²) < 4.78 is 40.9. The predicted molar refractivity (Wildman–Crippen MR) is 152 cm³/mol. The molecule has 39 heavy (non-hydrogen) atoms. The normalized spacial score (nSPS) is 10.8. The van der Waals surface area contributed by atoms with Crippen molar-refractivity contribution in [1.82, 2.24) is 0 Å². The van der Waals surface area contributed by atoms with Crippen molar-refractivity contribution in [2.75, 3.05) is 14.2 Å². The number of methoxy groups -OCH3 is 2. The lowest BCUT2D eigenvalue weighted by Gasteiger charge is -2.13. The molecule has 0 bridgehead atoms. The monoisotopic (exact) mass is 564 g/mol. The topological polar surface area (TPSA) is 110 Å². The van der Waals surface area contributed by atoms with Gasteiger partial charge in [0.2, 0.25) is 0 Å². The maximum Gasteiger partial charge on any atom is 0.337 e. The second kappa shape index (κ2) is 13.8. The number of carbonyl (C=O) groups excluding carboxylic acids is 2. The van der Waals surface area contributed by atoms with Crippen molar-refractivity contribution in [1.29, 1.82) is 0 Å². The second-order valence-electron chi connectivity index (χ2n) is 8.56. The number of benzene rings is 4. The highest BCUT2D eigenvalue weighted by atomic mass is 32.2. The summed E-state index contributed by atoms with van der Waals surface area (Å²) in [5.74, 6) is -0.944. The Morgan fingerprint density at radius 3 is 1.54 bits per heavy atom. The van der Waals surface area contributed by atoms with Crippen LogP contribution >= 0.6 is 7.92 Å². The van der Waals surface area contributed by atoms with Crippen LogP contribution < -0.4 is 10.6 Å². The van der Waals surface area contributed by atoms with Gasteiger partial charge in [0.25, 0.3) is 0 Å². The van der Waals surface area contributed by atoms with Crippen molar-refractivity contribution in [3.63, 3.8) is 0 Å². The van der Waals surface area contributed by atoms with Gasteiger partial charge in [0.1, 0.15) is 10.1 Å². The van der Waals surface area contributed by atoms with E-state index in [-0.39, 0.29) is 4.90 Å². The quantitative estimate of drug-likeness (QED) is 0.184. The molecule has 0 aromatic heterocycles. The Balaban J connectivity index is 0.000000320. The summed E-state index contributed by atoms with van der Waals surface area (Å²) in [4.78, 5) is 24.0. The minimum absolute atomic E-state index is 0.178. The fraction of sp³-hybridized carbons (Fsp3) is 0.133. The molecule has 9 heteroatoms. The van der Waals surface area contributed by atoms with Crippen molar-refractivity contribution in [2.45, 2.75) is 18.0 Å². The molecular weight excluding hydrogens is 535 g/mol. The molecule has 7 nitrogen and oxygen atoms in total. The molecule has 0 saturated heterocycles. The van der Waals surface area contributed by atoms with Gasteiger partial charge < -0.3 is 14.0 Å². The summed E-state index contributed by atoms with van der Waals surface area (Å²) in [6.45, 7) is 1.82. The minimum atomic E-state index is -4.27. The molecule has 0 atom stereocenters. The molecule has 4 aromatic carbocycles. The van der Waals surface area contributed by atoms with Gasteiger partial charge in [-0.15, -0.1) is 0 Å². The Morgan fingerprint density at radius 2 is 1.15 bits per heavy atom. The van der Waals surface area contributed by atoms with Crippen LogP contribution in [-0.2, 0) is 25.8 Å². The summed E-state index contributed by atoms with van der Waals surface area (Å²) in [6.07, 6.45) is 0.730. The van der Waals surface area contributed by atoms with Crippen LogP contribution in [0.4, 0.5) is 0 Å². The zero-order valence-electron chi connectivity index (χ0n) is 21.8. The Kier molecular flexibility index (Phi) is 10.5. The van der Waals surface area contributed by atoms with Crippen LogP contribution in [0.2, 0.25) is 0 Å². The summed E-state index contributed by atoms with van der Waals surface area (Å²) >= 11 is 0. The van der Waals surface area contributed by atoms with Gasteiger partial charge >= 0.3 is 11.9 Å². The standard InChI is InChI=1S/C23H21O4P.C7H8O3S/c1-26-22(24)18-13-17(14-19(15-18)23(25)27-2)16-28(20-9-5-3-6-10-20)21-11-7-4-8-12-21;1-6-2-4-7(5-3-6)11(8,9)10/h3-15H,16H2,1-2H3;2-5H,1H3,(H,8,9,10). The molecule has 0 saturated carbocycles. The van der Waals surface area contributed by atoms with Gasteiger partial charge in [0, 0.05) is 0 Å². The third-order valence-electron chi connectivity index (χ3n) is 5.77. The number of hydrogen-bond acceptors (Lipinski definition) is 7. The summed E-state index contributed by atoms with van der Waals surface area (Å²) in [6, 6.07) is 31.6. The van der Waals surface area contributed by atoms with Crippen LogP contribution in [0.1, 0.15) is 31.8 Å². The Bertz CT molecular complexity index is 1430. The second-order valence-corrected chi connectivity index (χ2v) is 12.4. The van der Waals surface area contributed by atoms with Gasteiger partial charge in [-0.3, -0.25) is 0 Å². The number of aryl methyl sites for hydroxylation is 1. The van der Waals surface area contributed by atoms with E-state index in [0.717, 1.165) is 17.3 Å². The predicted octanol–water partition coefficient (Wildman–Crippen LogP) is 4.52. The molecule has 0 amide bonds. The number of ether oxygens (including phenoxy) is 2. The Morgan fingerprint density at radius 1 is 0.718 bits per heavy atom. The third kappa shape index (κ3) is 8.58. The van der Waals surface area contributed by atoms with Crippen LogP contribution in [0.3, 0.4) is 0 Å². The van der Waals surface area contributed by atoms with E-state index < -0.39 is 30.0 Å². The summed E-state index contributed by atoms with van der Waals surface area (Å²) in [5.41, 5.74) is 2.54. The van der Waals surface area contributed by atoms with Crippen LogP contribution in [0.15, 0.2) is 108 Å². The summed E-state index contributed by atoms with van der Waals surface area (Å²) in [7, 11) is -2.76. The molecule has 0 aliphatic heterocycles. The molecule has 0 heterocycles. The van der Waals surface area contributed by atoms with Crippen molar-refractivity contribution < 1.29 is 32.0 Å². The van der Waals surface area contributed by atoms with Crippen molar-refractivity contribution in [3.05, 3.63) is 125 Å². The number of esters is 2. The molecular formula is C30H29O7PS. The van der Waals surface area contributed by atoms with E-state index in [1.165, 1.54) is 43.0 Å². The maximum absolute atomic E-state index is 12.1. The van der Waals surface area contributed by atoms with E-state index >= 15 is 0 Å². The molecule has 0 radical (unpaired) electrons. The van der Waals surface area contributed by atoms with Crippen LogP contribution in [-0.4, -0.2) is 39.1 Å². The van der Waals surface area contributed by atoms with Gasteiger partial charge in [-0.2, -0.15) is 0 Å². The van der Waals surface area contributed by atoms with Gasteiger partial charge in [-0.05, 0) is 67.1 Å². The average molecular weight is 565 g/mol. The lowest BCUT2D eigenvalue weighted by Crippen LogP contribution is -2.14. The zero-order valence-corrected chi connectivity index (χ0v) is 23.6. The smallest absolute Gasteiger partial charge is 0.337 e. The number of carbonyl (C=O) groups is 2. The number of hydrogen-bond donors (Lipinski definition) is 0. The van der Waals surface area contributed by atoms with E-state index in [4.69, 9.17) is 9.47 Å². The first-order valence-electron chi connectivity index (χ1n) is 11.9. The van der Waals surface area contributed by atoms with Crippen LogP contribution in [0.25, 0.3) is 0 Å². The highest BCUT2D eigenvalue weighted by Crippen LogP contribution is 2.38. The van der Waals surface area contributed by atoms with E-state index in [1.807, 2.05) is 43.3 Å². The largest absolute Gasteiger partial charge is 0.744 e. The molecule has 0 spiro atoms. The SMILES string of the molecule is COC(=O)c1cc(C[PH+](c2ccccc2)c2ccccc2)cc(C(=O)OC)c1.Cc1ccc(S(=O)(=O)[O-])cc1. The lowest BCUT2D eigenvalue weighted by molar-refractivity contribution is 0.0599. The first kappa shape index (κ1) is 29.7. The van der Waals surface area contributed by atoms with E-state index in [9.17, 15) is 22.6 Å². The third-order valence-corrected chi connectivity index (χ3v) is 9.44. The molecule has 0 aliphatic carbocycles. The zero-order chi connectivity index (χ0) is 28.4. The molecule has 4 aromatic rings. The maximum atomic E-state index is 12.1. The number of rotatable bonds is 7. The molecule has 202 valence electrons. The molecule has 4 rings (SSSR count). The van der Waals surface area contributed by atoms with Gasteiger partial charge in [0.15, 0.2) is 0 Å². The highest BCUT2D eigenvalue weighted by Gasteiger charge is 2.24. The highest BCUT2D eigenvalue weighted by molar-refractivity contribution is 7.85. The van der Waals surface area contributed by atoms with Crippen molar-refractivity contribution in [2.24, 2.45) is 0 Å². The Labute approximate surface area is 229 Å². The molecule has 0 fully saturated rings. The lowest BCUT2D eigenvalue weighted by atomic mass is 10.1. The Hall–Kier alpha value is -3.84. The van der Waals surface area contributed by atoms with E-state index in [1.54, 1.807) is 24.3 Å².